The van der Waals surface area contributed by atoms with Crippen LogP contribution >= 0.6 is 11.6 Å². The first-order valence-corrected chi connectivity index (χ1v) is 13.5. The number of amides is 2. The fourth-order valence-corrected chi connectivity index (χ4v) is 6.90. The van der Waals surface area contributed by atoms with E-state index in [0.717, 1.165) is 18.8 Å². The summed E-state index contributed by atoms with van der Waals surface area (Å²) in [5.74, 6) is -0.464. The van der Waals surface area contributed by atoms with E-state index in [1.54, 1.807) is 0 Å². The number of anilines is 2. The van der Waals surface area contributed by atoms with Crippen LogP contribution in [0, 0.1) is 5.92 Å². The summed E-state index contributed by atoms with van der Waals surface area (Å²) < 4.78 is 33.7. The van der Waals surface area contributed by atoms with Crippen LogP contribution in [0.3, 0.4) is 0 Å². The van der Waals surface area contributed by atoms with E-state index in [-0.39, 0.29) is 40.6 Å². The van der Waals surface area contributed by atoms with Crippen LogP contribution in [0.1, 0.15) is 12.8 Å². The van der Waals surface area contributed by atoms with Gasteiger partial charge in [-0.3, -0.25) is 9.59 Å². The molecule has 0 bridgehead atoms. The van der Waals surface area contributed by atoms with Gasteiger partial charge in [0.2, 0.25) is 15.9 Å². The minimum Gasteiger partial charge on any atom is -0.482 e. The third kappa shape index (κ3) is 4.82. The van der Waals surface area contributed by atoms with Gasteiger partial charge in [0.1, 0.15) is 10.6 Å². The molecule has 11 heteroatoms. The summed E-state index contributed by atoms with van der Waals surface area (Å²) in [5.41, 5.74) is 1.48. The summed E-state index contributed by atoms with van der Waals surface area (Å²) in [7, 11) is -3.95. The van der Waals surface area contributed by atoms with Crippen LogP contribution in [-0.2, 0) is 19.6 Å². The van der Waals surface area contributed by atoms with Crippen LogP contribution in [0.25, 0.3) is 0 Å². The Kier molecular flexibility index (Phi) is 6.61. The molecule has 1 atom stereocenters. The van der Waals surface area contributed by atoms with E-state index in [2.05, 4.69) is 22.3 Å². The second-order valence-corrected chi connectivity index (χ2v) is 11.3. The van der Waals surface area contributed by atoms with Gasteiger partial charge in [0, 0.05) is 51.0 Å². The Morgan fingerprint density at radius 1 is 1.06 bits per heavy atom. The lowest BCUT2D eigenvalue weighted by Gasteiger charge is -2.39. The Balaban J connectivity index is 1.27. The van der Waals surface area contributed by atoms with Gasteiger partial charge >= 0.3 is 0 Å². The van der Waals surface area contributed by atoms with E-state index < -0.39 is 15.9 Å². The van der Waals surface area contributed by atoms with E-state index >= 15 is 0 Å². The van der Waals surface area contributed by atoms with Crippen molar-refractivity contribution in [2.75, 3.05) is 56.1 Å². The van der Waals surface area contributed by atoms with Crippen molar-refractivity contribution in [1.82, 2.24) is 9.21 Å². The lowest BCUT2D eigenvalue weighted by molar-refractivity contribution is -0.137. The van der Waals surface area contributed by atoms with Gasteiger partial charge in [-0.2, -0.15) is 4.31 Å². The normalized spacial score (nSPS) is 21.2. The van der Waals surface area contributed by atoms with Gasteiger partial charge in [0.25, 0.3) is 5.91 Å². The SMILES string of the molecule is O=C1COc2cc(S(=O)(=O)N3CCCC(C(=O)N4CCN(c5ccccc5)CC4)C3)c(Cl)cc2N1. The Morgan fingerprint density at radius 2 is 1.80 bits per heavy atom. The lowest BCUT2D eigenvalue weighted by Crippen LogP contribution is -2.53. The zero-order valence-electron chi connectivity index (χ0n) is 19.2. The van der Waals surface area contributed by atoms with E-state index in [9.17, 15) is 18.0 Å². The summed E-state index contributed by atoms with van der Waals surface area (Å²) in [6.07, 6.45) is 1.24. The number of hydrogen-bond acceptors (Lipinski definition) is 6. The smallest absolute Gasteiger partial charge is 0.262 e. The maximum Gasteiger partial charge on any atom is 0.262 e. The van der Waals surface area contributed by atoms with Crippen LogP contribution in [0.2, 0.25) is 5.02 Å². The molecule has 9 nitrogen and oxygen atoms in total. The summed E-state index contributed by atoms with van der Waals surface area (Å²) in [5, 5.41) is 2.62. The highest BCUT2D eigenvalue weighted by Gasteiger charge is 2.37. The molecule has 3 aliphatic rings. The largest absolute Gasteiger partial charge is 0.482 e. The van der Waals surface area contributed by atoms with Crippen LogP contribution in [0.5, 0.6) is 5.75 Å². The molecule has 1 unspecified atom stereocenters. The molecule has 0 aliphatic carbocycles. The minimum atomic E-state index is -3.95. The molecular formula is C24H27ClN4O5S. The zero-order valence-corrected chi connectivity index (χ0v) is 20.7. The summed E-state index contributed by atoms with van der Waals surface area (Å²) >= 11 is 6.31. The highest BCUT2D eigenvalue weighted by Crippen LogP contribution is 2.37. The summed E-state index contributed by atoms with van der Waals surface area (Å²) in [4.78, 5) is 28.9. The lowest BCUT2D eigenvalue weighted by atomic mass is 9.97. The molecule has 2 fully saturated rings. The first-order chi connectivity index (χ1) is 16.8. The number of nitrogens with zero attached hydrogens (tertiary/aromatic N) is 3. The number of sulfonamides is 1. The van der Waals surface area contributed by atoms with Gasteiger partial charge in [0.15, 0.2) is 6.61 Å². The average Bonchev–Trinajstić information content (AvgIpc) is 2.88. The molecule has 2 aromatic carbocycles. The predicted octanol–water partition coefficient (Wildman–Crippen LogP) is 2.42. The number of para-hydroxylation sites is 1. The standard InChI is InChI=1S/C24H27ClN4O5S/c25-19-13-20-21(34-16-23(30)26-20)14-22(19)35(32,33)29-8-4-5-17(15-29)24(31)28-11-9-27(10-12-28)18-6-2-1-3-7-18/h1-3,6-7,13-14,17H,4-5,8-12,15-16H2,(H,26,30). The molecule has 0 saturated carbocycles. The van der Waals surface area contributed by atoms with Crippen molar-refractivity contribution in [2.24, 2.45) is 5.92 Å². The number of halogens is 1. The molecule has 0 radical (unpaired) electrons. The van der Waals surface area contributed by atoms with Crippen molar-refractivity contribution in [3.63, 3.8) is 0 Å². The van der Waals surface area contributed by atoms with Gasteiger partial charge in [-0.1, -0.05) is 29.8 Å². The summed E-state index contributed by atoms with van der Waals surface area (Å²) in [6, 6.07) is 12.8. The molecule has 3 heterocycles. The minimum absolute atomic E-state index is 0.0000314. The molecule has 186 valence electrons. The molecule has 5 rings (SSSR count). The predicted molar refractivity (Wildman–Crippen MR) is 132 cm³/mol. The number of hydrogen-bond donors (Lipinski definition) is 1. The van der Waals surface area contributed by atoms with Crippen molar-refractivity contribution in [3.05, 3.63) is 47.5 Å². The second-order valence-electron chi connectivity index (χ2n) is 8.97. The Labute approximate surface area is 209 Å². The Bertz CT molecular complexity index is 1230. The molecule has 2 saturated heterocycles. The van der Waals surface area contributed by atoms with Crippen molar-refractivity contribution >= 4 is 44.8 Å². The van der Waals surface area contributed by atoms with E-state index in [1.165, 1.54) is 16.4 Å². The fourth-order valence-electron chi connectivity index (χ4n) is 4.86. The number of piperazine rings is 1. The highest BCUT2D eigenvalue weighted by atomic mass is 35.5. The van der Waals surface area contributed by atoms with E-state index in [4.69, 9.17) is 16.3 Å². The highest BCUT2D eigenvalue weighted by molar-refractivity contribution is 7.89. The van der Waals surface area contributed by atoms with Crippen LogP contribution in [-0.4, -0.2) is 75.3 Å². The van der Waals surface area contributed by atoms with Crippen LogP contribution in [0.4, 0.5) is 11.4 Å². The number of piperidine rings is 1. The first-order valence-electron chi connectivity index (χ1n) is 11.7. The monoisotopic (exact) mass is 518 g/mol. The summed E-state index contributed by atoms with van der Waals surface area (Å²) in [6.45, 7) is 2.95. The van der Waals surface area contributed by atoms with Crippen LogP contribution < -0.4 is 15.0 Å². The topological polar surface area (TPSA) is 99.3 Å². The number of rotatable bonds is 4. The average molecular weight is 519 g/mol. The molecule has 1 N–H and O–H groups in total. The van der Waals surface area contributed by atoms with Gasteiger partial charge < -0.3 is 19.9 Å². The fraction of sp³-hybridized carbons (Fsp3) is 0.417. The van der Waals surface area contributed by atoms with Gasteiger partial charge in [-0.05, 0) is 31.0 Å². The molecular weight excluding hydrogens is 492 g/mol. The number of benzene rings is 2. The zero-order chi connectivity index (χ0) is 24.6. The molecule has 35 heavy (non-hydrogen) atoms. The van der Waals surface area contributed by atoms with Gasteiger partial charge in [0.05, 0.1) is 16.6 Å². The molecule has 2 amide bonds. The third-order valence-corrected chi connectivity index (χ3v) is 9.06. The number of nitrogens with one attached hydrogen (secondary N) is 1. The first kappa shape index (κ1) is 23.9. The van der Waals surface area contributed by atoms with Gasteiger partial charge in [-0.25, -0.2) is 8.42 Å². The number of carbonyl (C=O) groups is 2. The van der Waals surface area contributed by atoms with Crippen LogP contribution in [0.15, 0.2) is 47.4 Å². The Morgan fingerprint density at radius 3 is 2.54 bits per heavy atom. The second kappa shape index (κ2) is 9.67. The molecule has 0 aromatic heterocycles. The molecule has 2 aromatic rings. The van der Waals surface area contributed by atoms with Crippen molar-refractivity contribution in [2.45, 2.75) is 17.7 Å². The maximum atomic E-state index is 13.5. The maximum absolute atomic E-state index is 13.5. The quantitative estimate of drug-likeness (QED) is 0.667. The van der Waals surface area contributed by atoms with E-state index in [1.807, 2.05) is 23.1 Å². The van der Waals surface area contributed by atoms with E-state index in [0.29, 0.717) is 38.2 Å². The van der Waals surface area contributed by atoms with Crippen molar-refractivity contribution in [3.8, 4) is 5.75 Å². The number of fused-ring (bicyclic) bond motifs is 1. The van der Waals surface area contributed by atoms with Gasteiger partial charge in [-0.15, -0.1) is 0 Å². The Hall–Kier alpha value is -2.82. The third-order valence-electron chi connectivity index (χ3n) is 6.73. The molecule has 0 spiro atoms. The van der Waals surface area contributed by atoms with Crippen molar-refractivity contribution < 1.29 is 22.7 Å². The van der Waals surface area contributed by atoms with Crippen molar-refractivity contribution in [1.29, 1.82) is 0 Å². The molecule has 3 aliphatic heterocycles. The number of ether oxygens (including phenoxy) is 1. The number of carbonyl (C=O) groups excluding carboxylic acids is 2.